The lowest BCUT2D eigenvalue weighted by molar-refractivity contribution is 0.547. The molecular formula is C15H16BrFN2. The van der Waals surface area contributed by atoms with Gasteiger partial charge >= 0.3 is 0 Å². The third kappa shape index (κ3) is 3.62. The van der Waals surface area contributed by atoms with Gasteiger partial charge in [0.05, 0.1) is 6.04 Å². The molecule has 0 aliphatic carbocycles. The van der Waals surface area contributed by atoms with E-state index in [-0.39, 0.29) is 11.9 Å². The van der Waals surface area contributed by atoms with Gasteiger partial charge in [-0.25, -0.2) is 4.39 Å². The second-order valence-electron chi connectivity index (χ2n) is 4.55. The van der Waals surface area contributed by atoms with Crippen LogP contribution in [0.3, 0.4) is 0 Å². The lowest BCUT2D eigenvalue weighted by Gasteiger charge is -2.18. The number of hydrazine groups is 1. The Labute approximate surface area is 120 Å². The molecule has 0 aliphatic rings. The molecule has 0 fully saturated rings. The molecule has 0 aliphatic heterocycles. The Morgan fingerprint density at radius 1 is 1.26 bits per heavy atom. The molecule has 0 amide bonds. The van der Waals surface area contributed by atoms with E-state index in [4.69, 9.17) is 5.84 Å². The molecule has 0 saturated carbocycles. The molecule has 0 aromatic heterocycles. The molecule has 3 N–H and O–H groups in total. The zero-order chi connectivity index (χ0) is 13.8. The fourth-order valence-electron chi connectivity index (χ4n) is 2.08. The highest BCUT2D eigenvalue weighted by Gasteiger charge is 2.12. The molecule has 100 valence electrons. The minimum Gasteiger partial charge on any atom is -0.271 e. The lowest BCUT2D eigenvalue weighted by Crippen LogP contribution is -2.29. The van der Waals surface area contributed by atoms with Gasteiger partial charge in [-0.3, -0.25) is 11.3 Å². The van der Waals surface area contributed by atoms with E-state index in [9.17, 15) is 4.39 Å². The molecule has 0 bridgehead atoms. The Balaban J connectivity index is 2.26. The van der Waals surface area contributed by atoms with Crippen LogP contribution in [0.25, 0.3) is 0 Å². The third-order valence-corrected chi connectivity index (χ3v) is 3.68. The number of nitrogens with two attached hydrogens (primary N) is 1. The first-order valence-electron chi connectivity index (χ1n) is 6.07. The Morgan fingerprint density at radius 2 is 2.05 bits per heavy atom. The molecular weight excluding hydrogens is 307 g/mol. The van der Waals surface area contributed by atoms with Gasteiger partial charge in [-0.15, -0.1) is 0 Å². The van der Waals surface area contributed by atoms with Crippen LogP contribution in [-0.4, -0.2) is 0 Å². The van der Waals surface area contributed by atoms with Crippen molar-refractivity contribution in [1.82, 2.24) is 5.43 Å². The summed E-state index contributed by atoms with van der Waals surface area (Å²) in [6, 6.07) is 12.7. The quantitative estimate of drug-likeness (QED) is 0.666. The summed E-state index contributed by atoms with van der Waals surface area (Å²) in [6.45, 7) is 1.98. The van der Waals surface area contributed by atoms with Gasteiger partial charge in [0.2, 0.25) is 0 Å². The summed E-state index contributed by atoms with van der Waals surface area (Å²) in [4.78, 5) is 0. The highest BCUT2D eigenvalue weighted by atomic mass is 79.9. The minimum absolute atomic E-state index is 0.0435. The molecule has 1 atom stereocenters. The summed E-state index contributed by atoms with van der Waals surface area (Å²) in [6.07, 6.45) is 0.649. The van der Waals surface area contributed by atoms with Gasteiger partial charge in [0.15, 0.2) is 0 Å². The van der Waals surface area contributed by atoms with E-state index in [1.807, 2.05) is 31.2 Å². The van der Waals surface area contributed by atoms with Gasteiger partial charge in [-0.05, 0) is 54.3 Å². The SMILES string of the molecule is Cc1ccc(F)cc1CC(NN)c1cccc(Br)c1. The number of hydrogen-bond donors (Lipinski definition) is 2. The Bertz CT molecular complexity index is 572. The fraction of sp³-hybridized carbons (Fsp3) is 0.200. The summed E-state index contributed by atoms with van der Waals surface area (Å²) < 4.78 is 14.3. The van der Waals surface area contributed by atoms with Crippen LogP contribution >= 0.6 is 15.9 Å². The third-order valence-electron chi connectivity index (χ3n) is 3.19. The number of halogens is 2. The van der Waals surface area contributed by atoms with E-state index in [2.05, 4.69) is 21.4 Å². The van der Waals surface area contributed by atoms with Crippen LogP contribution in [0.15, 0.2) is 46.9 Å². The minimum atomic E-state index is -0.217. The zero-order valence-electron chi connectivity index (χ0n) is 10.7. The van der Waals surface area contributed by atoms with Crippen molar-refractivity contribution in [2.45, 2.75) is 19.4 Å². The first-order valence-corrected chi connectivity index (χ1v) is 6.86. The van der Waals surface area contributed by atoms with E-state index < -0.39 is 0 Å². The van der Waals surface area contributed by atoms with Crippen LogP contribution < -0.4 is 11.3 Å². The average molecular weight is 323 g/mol. The van der Waals surface area contributed by atoms with Gasteiger partial charge < -0.3 is 0 Å². The van der Waals surface area contributed by atoms with E-state index in [0.717, 1.165) is 21.2 Å². The number of hydrogen-bond acceptors (Lipinski definition) is 2. The highest BCUT2D eigenvalue weighted by Crippen LogP contribution is 2.23. The maximum Gasteiger partial charge on any atom is 0.123 e. The van der Waals surface area contributed by atoms with E-state index >= 15 is 0 Å². The van der Waals surface area contributed by atoms with Crippen LogP contribution in [-0.2, 0) is 6.42 Å². The summed E-state index contributed by atoms with van der Waals surface area (Å²) >= 11 is 3.44. The number of nitrogens with one attached hydrogen (secondary N) is 1. The Kier molecular flexibility index (Phi) is 4.69. The van der Waals surface area contributed by atoms with Crippen LogP contribution in [0, 0.1) is 12.7 Å². The molecule has 0 spiro atoms. The van der Waals surface area contributed by atoms with Crippen molar-refractivity contribution in [3.63, 3.8) is 0 Å². The van der Waals surface area contributed by atoms with E-state index in [0.29, 0.717) is 6.42 Å². The first kappa shape index (κ1) is 14.2. The molecule has 0 heterocycles. The van der Waals surface area contributed by atoms with Crippen molar-refractivity contribution < 1.29 is 4.39 Å². The Morgan fingerprint density at radius 3 is 2.74 bits per heavy atom. The zero-order valence-corrected chi connectivity index (χ0v) is 12.2. The largest absolute Gasteiger partial charge is 0.271 e. The normalized spacial score (nSPS) is 12.4. The summed E-state index contributed by atoms with van der Waals surface area (Å²) in [5.74, 6) is 5.41. The van der Waals surface area contributed by atoms with Gasteiger partial charge in [-0.2, -0.15) is 0 Å². The van der Waals surface area contributed by atoms with Crippen molar-refractivity contribution in [3.8, 4) is 0 Å². The molecule has 2 aromatic carbocycles. The number of aryl methyl sites for hydroxylation is 1. The van der Waals surface area contributed by atoms with E-state index in [1.165, 1.54) is 6.07 Å². The monoisotopic (exact) mass is 322 g/mol. The Hall–Kier alpha value is -1.23. The fourth-order valence-corrected chi connectivity index (χ4v) is 2.49. The number of rotatable bonds is 4. The lowest BCUT2D eigenvalue weighted by atomic mass is 9.96. The van der Waals surface area contributed by atoms with Crippen molar-refractivity contribution in [2.24, 2.45) is 5.84 Å². The molecule has 0 radical (unpaired) electrons. The summed E-state index contributed by atoms with van der Waals surface area (Å²) in [7, 11) is 0. The second-order valence-corrected chi connectivity index (χ2v) is 5.46. The van der Waals surface area contributed by atoms with Crippen molar-refractivity contribution in [2.75, 3.05) is 0 Å². The highest BCUT2D eigenvalue weighted by molar-refractivity contribution is 9.10. The molecule has 1 unspecified atom stereocenters. The first-order chi connectivity index (χ1) is 9.10. The van der Waals surface area contributed by atoms with E-state index in [1.54, 1.807) is 12.1 Å². The molecule has 19 heavy (non-hydrogen) atoms. The maximum absolute atomic E-state index is 13.3. The van der Waals surface area contributed by atoms with Gasteiger partial charge in [-0.1, -0.05) is 34.1 Å². The van der Waals surface area contributed by atoms with Crippen LogP contribution in [0.5, 0.6) is 0 Å². The standard InChI is InChI=1S/C15H16BrFN2/c1-10-5-6-14(17)8-12(10)9-15(19-18)11-3-2-4-13(16)7-11/h2-8,15,19H,9,18H2,1H3. The average Bonchev–Trinajstić information content (AvgIpc) is 2.39. The molecule has 0 saturated heterocycles. The topological polar surface area (TPSA) is 38.0 Å². The molecule has 2 nitrogen and oxygen atoms in total. The van der Waals surface area contributed by atoms with Crippen molar-refractivity contribution >= 4 is 15.9 Å². The van der Waals surface area contributed by atoms with Gasteiger partial charge in [0, 0.05) is 4.47 Å². The van der Waals surface area contributed by atoms with Crippen LogP contribution in [0.1, 0.15) is 22.7 Å². The maximum atomic E-state index is 13.3. The number of benzene rings is 2. The van der Waals surface area contributed by atoms with Crippen LogP contribution in [0.4, 0.5) is 4.39 Å². The van der Waals surface area contributed by atoms with Gasteiger partial charge in [0.1, 0.15) is 5.82 Å². The second kappa shape index (κ2) is 6.28. The molecule has 2 aromatic rings. The predicted octanol–water partition coefficient (Wildman–Crippen LogP) is 3.64. The predicted molar refractivity (Wildman–Crippen MR) is 79.0 cm³/mol. The molecule has 2 rings (SSSR count). The van der Waals surface area contributed by atoms with Crippen molar-refractivity contribution in [3.05, 3.63) is 69.4 Å². The summed E-state index contributed by atoms with van der Waals surface area (Å²) in [5, 5.41) is 0. The molecule has 4 heteroatoms. The summed E-state index contributed by atoms with van der Waals surface area (Å²) in [5.41, 5.74) is 5.89. The smallest absolute Gasteiger partial charge is 0.123 e. The van der Waals surface area contributed by atoms with Crippen molar-refractivity contribution in [1.29, 1.82) is 0 Å². The van der Waals surface area contributed by atoms with Gasteiger partial charge in [0.25, 0.3) is 0 Å². The van der Waals surface area contributed by atoms with Crippen LogP contribution in [0.2, 0.25) is 0 Å².